The van der Waals surface area contributed by atoms with Gasteiger partial charge in [-0.05, 0) is 37.1 Å². The molecule has 5 nitrogen and oxygen atoms in total. The van der Waals surface area contributed by atoms with Gasteiger partial charge in [0.05, 0.1) is 25.4 Å². The van der Waals surface area contributed by atoms with E-state index in [4.69, 9.17) is 9.84 Å². The summed E-state index contributed by atoms with van der Waals surface area (Å²) in [4.78, 5) is 10.8. The SMILES string of the molecule is COc1cc(C)c(C)cc1-c1cn[nH]c1CC(=O)O. The molecule has 0 saturated heterocycles. The van der Waals surface area contributed by atoms with Crippen LogP contribution in [-0.2, 0) is 11.2 Å². The van der Waals surface area contributed by atoms with Gasteiger partial charge in [0.2, 0.25) is 0 Å². The molecule has 1 aromatic carbocycles. The lowest BCUT2D eigenvalue weighted by Crippen LogP contribution is -2.02. The highest BCUT2D eigenvalue weighted by molar-refractivity contribution is 5.78. The van der Waals surface area contributed by atoms with Crippen molar-refractivity contribution in [2.24, 2.45) is 0 Å². The maximum absolute atomic E-state index is 10.8. The van der Waals surface area contributed by atoms with Crippen molar-refractivity contribution < 1.29 is 14.6 Å². The summed E-state index contributed by atoms with van der Waals surface area (Å²) in [5, 5.41) is 15.6. The summed E-state index contributed by atoms with van der Waals surface area (Å²) >= 11 is 0. The van der Waals surface area contributed by atoms with E-state index in [1.807, 2.05) is 26.0 Å². The van der Waals surface area contributed by atoms with Gasteiger partial charge in [0, 0.05) is 11.1 Å². The Hall–Kier alpha value is -2.30. The van der Waals surface area contributed by atoms with Crippen LogP contribution in [0.25, 0.3) is 11.1 Å². The highest BCUT2D eigenvalue weighted by Gasteiger charge is 2.15. The van der Waals surface area contributed by atoms with Crippen molar-refractivity contribution in [3.8, 4) is 16.9 Å². The van der Waals surface area contributed by atoms with Gasteiger partial charge in [-0.15, -0.1) is 0 Å². The van der Waals surface area contributed by atoms with Crippen LogP contribution in [0.3, 0.4) is 0 Å². The Balaban J connectivity index is 2.55. The predicted molar refractivity (Wildman–Crippen MR) is 71.4 cm³/mol. The topological polar surface area (TPSA) is 75.2 Å². The molecule has 0 unspecified atom stereocenters. The van der Waals surface area contributed by atoms with Crippen molar-refractivity contribution in [1.29, 1.82) is 0 Å². The molecule has 5 heteroatoms. The van der Waals surface area contributed by atoms with Crippen LogP contribution >= 0.6 is 0 Å². The number of aromatic nitrogens is 2. The minimum atomic E-state index is -0.895. The number of nitrogens with one attached hydrogen (secondary N) is 1. The van der Waals surface area contributed by atoms with Crippen LogP contribution in [0.2, 0.25) is 0 Å². The molecule has 2 N–H and O–H groups in total. The minimum absolute atomic E-state index is 0.0919. The third-order valence-corrected chi connectivity index (χ3v) is 3.15. The number of carboxylic acids is 1. The third kappa shape index (κ3) is 2.59. The number of hydrogen-bond donors (Lipinski definition) is 2. The first-order chi connectivity index (χ1) is 9.02. The van der Waals surface area contributed by atoms with Gasteiger partial charge in [0.15, 0.2) is 0 Å². The Labute approximate surface area is 111 Å². The van der Waals surface area contributed by atoms with Gasteiger partial charge in [-0.25, -0.2) is 0 Å². The molecule has 0 aliphatic heterocycles. The minimum Gasteiger partial charge on any atom is -0.496 e. The van der Waals surface area contributed by atoms with Gasteiger partial charge in [-0.3, -0.25) is 9.89 Å². The molecule has 0 amide bonds. The molecule has 0 atom stereocenters. The number of H-pyrrole nitrogens is 1. The lowest BCUT2D eigenvalue weighted by Gasteiger charge is -2.11. The Kier molecular flexibility index (Phi) is 3.55. The van der Waals surface area contributed by atoms with Crippen LogP contribution in [0, 0.1) is 13.8 Å². The maximum atomic E-state index is 10.8. The third-order valence-electron chi connectivity index (χ3n) is 3.15. The quantitative estimate of drug-likeness (QED) is 0.884. The average Bonchev–Trinajstić information content (AvgIpc) is 2.79. The van der Waals surface area contributed by atoms with E-state index in [2.05, 4.69) is 10.2 Å². The largest absolute Gasteiger partial charge is 0.496 e. The van der Waals surface area contributed by atoms with E-state index in [9.17, 15) is 4.79 Å². The fraction of sp³-hybridized carbons (Fsp3) is 0.286. The van der Waals surface area contributed by atoms with Gasteiger partial charge in [0.1, 0.15) is 5.75 Å². The van der Waals surface area contributed by atoms with Crippen LogP contribution in [0.5, 0.6) is 5.75 Å². The smallest absolute Gasteiger partial charge is 0.309 e. The first-order valence-corrected chi connectivity index (χ1v) is 5.92. The van der Waals surface area contributed by atoms with E-state index in [0.717, 1.165) is 28.0 Å². The lowest BCUT2D eigenvalue weighted by atomic mass is 9.99. The van der Waals surface area contributed by atoms with E-state index in [1.165, 1.54) is 0 Å². The molecule has 100 valence electrons. The number of ether oxygens (including phenoxy) is 1. The molecule has 0 fully saturated rings. The van der Waals surface area contributed by atoms with Crippen LogP contribution in [0.15, 0.2) is 18.3 Å². The molecule has 19 heavy (non-hydrogen) atoms. The highest BCUT2D eigenvalue weighted by atomic mass is 16.5. The second-order valence-corrected chi connectivity index (χ2v) is 4.47. The van der Waals surface area contributed by atoms with Crippen LogP contribution in [-0.4, -0.2) is 28.4 Å². The van der Waals surface area contributed by atoms with E-state index in [-0.39, 0.29) is 6.42 Å². The van der Waals surface area contributed by atoms with Crippen LogP contribution in [0.1, 0.15) is 16.8 Å². The Morgan fingerprint density at radius 2 is 2.00 bits per heavy atom. The number of aromatic amines is 1. The summed E-state index contributed by atoms with van der Waals surface area (Å²) in [6.45, 7) is 4.02. The van der Waals surface area contributed by atoms with Crippen molar-refractivity contribution in [3.63, 3.8) is 0 Å². The molecule has 0 bridgehead atoms. The molecule has 2 rings (SSSR count). The zero-order valence-corrected chi connectivity index (χ0v) is 11.2. The molecule has 1 aromatic heterocycles. The summed E-state index contributed by atoms with van der Waals surface area (Å²) in [7, 11) is 1.60. The number of carboxylic acid groups (broad SMARTS) is 1. The van der Waals surface area contributed by atoms with E-state index < -0.39 is 5.97 Å². The first-order valence-electron chi connectivity index (χ1n) is 5.92. The fourth-order valence-electron chi connectivity index (χ4n) is 2.00. The van der Waals surface area contributed by atoms with Gasteiger partial charge < -0.3 is 9.84 Å². The Bertz CT molecular complexity index is 617. The van der Waals surface area contributed by atoms with E-state index in [0.29, 0.717) is 5.69 Å². The Morgan fingerprint density at radius 1 is 1.32 bits per heavy atom. The lowest BCUT2D eigenvalue weighted by molar-refractivity contribution is -0.136. The van der Waals surface area contributed by atoms with Crippen molar-refractivity contribution >= 4 is 5.97 Å². The predicted octanol–water partition coefficient (Wildman–Crippen LogP) is 2.33. The number of carbonyl (C=O) groups is 1. The van der Waals surface area contributed by atoms with Crippen LogP contribution < -0.4 is 4.74 Å². The number of benzene rings is 1. The molecular formula is C14H16N2O3. The number of methoxy groups -OCH3 is 1. The average molecular weight is 260 g/mol. The molecular weight excluding hydrogens is 244 g/mol. The monoisotopic (exact) mass is 260 g/mol. The second kappa shape index (κ2) is 5.14. The van der Waals surface area contributed by atoms with Crippen molar-refractivity contribution in [2.45, 2.75) is 20.3 Å². The number of aryl methyl sites for hydroxylation is 2. The van der Waals surface area contributed by atoms with Crippen molar-refractivity contribution in [3.05, 3.63) is 35.2 Å². The number of rotatable bonds is 4. The molecule has 1 heterocycles. The van der Waals surface area contributed by atoms with E-state index in [1.54, 1.807) is 13.3 Å². The summed E-state index contributed by atoms with van der Waals surface area (Å²) in [5.41, 5.74) is 4.45. The summed E-state index contributed by atoms with van der Waals surface area (Å²) in [6, 6.07) is 3.94. The first kappa shape index (κ1) is 13.1. The number of hydrogen-bond acceptors (Lipinski definition) is 3. The molecule has 0 radical (unpaired) electrons. The summed E-state index contributed by atoms with van der Waals surface area (Å²) < 4.78 is 5.38. The molecule has 2 aromatic rings. The van der Waals surface area contributed by atoms with Crippen molar-refractivity contribution in [1.82, 2.24) is 10.2 Å². The van der Waals surface area contributed by atoms with E-state index >= 15 is 0 Å². The fourth-order valence-corrected chi connectivity index (χ4v) is 2.00. The molecule has 0 aliphatic carbocycles. The van der Waals surface area contributed by atoms with Gasteiger partial charge in [0.25, 0.3) is 0 Å². The maximum Gasteiger partial charge on any atom is 0.309 e. The summed E-state index contributed by atoms with van der Waals surface area (Å²) in [5.74, 6) is -0.176. The normalized spacial score (nSPS) is 10.5. The zero-order chi connectivity index (χ0) is 14.0. The van der Waals surface area contributed by atoms with Crippen molar-refractivity contribution in [2.75, 3.05) is 7.11 Å². The Morgan fingerprint density at radius 3 is 2.63 bits per heavy atom. The highest BCUT2D eigenvalue weighted by Crippen LogP contribution is 2.34. The molecule has 0 spiro atoms. The molecule has 0 aliphatic rings. The number of nitrogens with zero attached hydrogens (tertiary/aromatic N) is 1. The number of aliphatic carboxylic acids is 1. The van der Waals surface area contributed by atoms with Crippen LogP contribution in [0.4, 0.5) is 0 Å². The second-order valence-electron chi connectivity index (χ2n) is 4.47. The standard InChI is InChI=1S/C14H16N2O3/c1-8-4-10(13(19-3)5-9(8)2)11-7-15-16-12(11)6-14(17)18/h4-5,7H,6H2,1-3H3,(H,15,16)(H,17,18). The summed E-state index contributed by atoms with van der Waals surface area (Å²) in [6.07, 6.45) is 1.54. The van der Waals surface area contributed by atoms with Gasteiger partial charge in [-0.1, -0.05) is 0 Å². The zero-order valence-electron chi connectivity index (χ0n) is 11.2. The van der Waals surface area contributed by atoms with Gasteiger partial charge >= 0.3 is 5.97 Å². The van der Waals surface area contributed by atoms with Gasteiger partial charge in [-0.2, -0.15) is 5.10 Å². The molecule has 0 saturated carbocycles.